The molecule has 1 aromatic heterocycles. The van der Waals surface area contributed by atoms with Crippen molar-refractivity contribution in [2.75, 3.05) is 32.1 Å². The van der Waals surface area contributed by atoms with Crippen molar-refractivity contribution in [3.8, 4) is 0 Å². The molecular formula is C14H22FN3O2. The van der Waals surface area contributed by atoms with Gasteiger partial charge in [-0.25, -0.2) is 9.37 Å². The van der Waals surface area contributed by atoms with Crippen molar-refractivity contribution in [2.45, 2.75) is 26.9 Å². The molecule has 112 valence electrons. The van der Waals surface area contributed by atoms with E-state index in [4.69, 9.17) is 4.74 Å². The fraction of sp³-hybridized carbons (Fsp3) is 0.571. The molecule has 1 heterocycles. The summed E-state index contributed by atoms with van der Waals surface area (Å²) in [5, 5.41) is 2.96. The van der Waals surface area contributed by atoms with Crippen LogP contribution in [-0.4, -0.2) is 48.6 Å². The first kappa shape index (κ1) is 16.4. The highest BCUT2D eigenvalue weighted by molar-refractivity contribution is 5.98. The summed E-state index contributed by atoms with van der Waals surface area (Å²) in [6.07, 6.45) is 1.21. The molecule has 0 saturated carbocycles. The van der Waals surface area contributed by atoms with E-state index >= 15 is 0 Å². The average molecular weight is 283 g/mol. The van der Waals surface area contributed by atoms with Gasteiger partial charge in [0.2, 0.25) is 0 Å². The van der Waals surface area contributed by atoms with Crippen LogP contribution in [0.1, 0.15) is 31.1 Å². The Kier molecular flexibility index (Phi) is 6.38. The van der Waals surface area contributed by atoms with Crippen molar-refractivity contribution in [1.29, 1.82) is 0 Å². The molecule has 1 N–H and O–H groups in total. The lowest BCUT2D eigenvalue weighted by molar-refractivity contribution is 0.0532. The molecule has 0 saturated heterocycles. The second-order valence-electron chi connectivity index (χ2n) is 4.73. The van der Waals surface area contributed by atoms with Gasteiger partial charge >= 0.3 is 0 Å². The lowest BCUT2D eigenvalue weighted by atomic mass is 10.2. The van der Waals surface area contributed by atoms with Crippen LogP contribution in [0.3, 0.4) is 0 Å². The molecule has 0 atom stereocenters. The first-order valence-electron chi connectivity index (χ1n) is 6.72. The van der Waals surface area contributed by atoms with Crippen LogP contribution < -0.4 is 5.32 Å². The number of rotatable bonds is 7. The summed E-state index contributed by atoms with van der Waals surface area (Å²) in [6.45, 7) is 7.25. The van der Waals surface area contributed by atoms with Crippen LogP contribution in [0, 0.1) is 5.82 Å². The summed E-state index contributed by atoms with van der Waals surface area (Å²) in [6, 6.07) is 1.20. The van der Waals surface area contributed by atoms with Crippen LogP contribution in [0.2, 0.25) is 0 Å². The van der Waals surface area contributed by atoms with Crippen LogP contribution in [0.25, 0.3) is 0 Å². The van der Waals surface area contributed by atoms with Crippen molar-refractivity contribution in [3.05, 3.63) is 23.6 Å². The number of halogens is 1. The van der Waals surface area contributed by atoms with Gasteiger partial charge in [0, 0.05) is 20.1 Å². The maximum Gasteiger partial charge on any atom is 0.257 e. The number of ether oxygens (including phenoxy) is 1. The largest absolute Gasteiger partial charge is 0.377 e. The summed E-state index contributed by atoms with van der Waals surface area (Å²) in [4.78, 5) is 17.7. The van der Waals surface area contributed by atoms with Gasteiger partial charge < -0.3 is 15.0 Å². The summed E-state index contributed by atoms with van der Waals surface area (Å²) >= 11 is 0. The zero-order chi connectivity index (χ0) is 15.1. The SMILES string of the molecule is CCNc1ncc(F)cc1C(=O)N(C)CCOC(C)C. The van der Waals surface area contributed by atoms with Crippen molar-refractivity contribution in [1.82, 2.24) is 9.88 Å². The molecule has 0 aliphatic heterocycles. The molecule has 6 heteroatoms. The molecule has 0 spiro atoms. The Labute approximate surface area is 119 Å². The molecule has 20 heavy (non-hydrogen) atoms. The summed E-state index contributed by atoms with van der Waals surface area (Å²) < 4.78 is 18.7. The molecule has 0 aliphatic rings. The number of pyridine rings is 1. The predicted octanol–water partition coefficient (Wildman–Crippen LogP) is 2.15. The van der Waals surface area contributed by atoms with E-state index in [0.717, 1.165) is 6.20 Å². The number of nitrogens with one attached hydrogen (secondary N) is 1. The van der Waals surface area contributed by atoms with E-state index in [9.17, 15) is 9.18 Å². The standard InChI is InChI=1S/C14H22FN3O2/c1-5-16-13-12(8-11(15)9-17-13)14(19)18(4)6-7-20-10(2)3/h8-10H,5-7H2,1-4H3,(H,16,17). The van der Waals surface area contributed by atoms with Gasteiger partial charge in [0.25, 0.3) is 5.91 Å². The monoisotopic (exact) mass is 283 g/mol. The van der Waals surface area contributed by atoms with Crippen LogP contribution >= 0.6 is 0 Å². The van der Waals surface area contributed by atoms with Crippen LogP contribution in [0.5, 0.6) is 0 Å². The van der Waals surface area contributed by atoms with Crippen LogP contribution in [0.15, 0.2) is 12.3 Å². The summed E-state index contributed by atoms with van der Waals surface area (Å²) in [5.41, 5.74) is 0.235. The molecule has 1 amide bonds. The number of nitrogens with zero attached hydrogens (tertiary/aromatic N) is 2. The molecule has 0 aliphatic carbocycles. The van der Waals surface area contributed by atoms with E-state index < -0.39 is 5.82 Å². The predicted molar refractivity (Wildman–Crippen MR) is 76.4 cm³/mol. The number of carbonyl (C=O) groups is 1. The van der Waals surface area contributed by atoms with Crippen LogP contribution in [0.4, 0.5) is 10.2 Å². The highest BCUT2D eigenvalue weighted by Crippen LogP contribution is 2.15. The molecule has 0 unspecified atom stereocenters. The number of amides is 1. The highest BCUT2D eigenvalue weighted by Gasteiger charge is 2.17. The highest BCUT2D eigenvalue weighted by atomic mass is 19.1. The molecule has 0 bridgehead atoms. The van der Waals surface area contributed by atoms with E-state index in [1.807, 2.05) is 20.8 Å². The third kappa shape index (κ3) is 4.77. The van der Waals surface area contributed by atoms with E-state index in [1.165, 1.54) is 11.0 Å². The maximum atomic E-state index is 13.3. The molecule has 0 fully saturated rings. The van der Waals surface area contributed by atoms with Gasteiger partial charge in [-0.2, -0.15) is 0 Å². The van der Waals surface area contributed by atoms with Crippen molar-refractivity contribution in [3.63, 3.8) is 0 Å². The van der Waals surface area contributed by atoms with E-state index in [1.54, 1.807) is 7.05 Å². The smallest absolute Gasteiger partial charge is 0.257 e. The first-order chi connectivity index (χ1) is 9.45. The first-order valence-corrected chi connectivity index (χ1v) is 6.72. The number of likely N-dealkylation sites (N-methyl/N-ethyl adjacent to an activating group) is 1. The zero-order valence-corrected chi connectivity index (χ0v) is 12.4. The van der Waals surface area contributed by atoms with E-state index in [-0.39, 0.29) is 17.6 Å². The lowest BCUT2D eigenvalue weighted by Crippen LogP contribution is -2.31. The Hall–Kier alpha value is -1.69. The van der Waals surface area contributed by atoms with Gasteiger partial charge in [-0.3, -0.25) is 4.79 Å². The van der Waals surface area contributed by atoms with Gasteiger partial charge in [0.15, 0.2) is 0 Å². The third-order valence-corrected chi connectivity index (χ3v) is 2.65. The van der Waals surface area contributed by atoms with E-state index in [2.05, 4.69) is 10.3 Å². The molecule has 1 rings (SSSR count). The second kappa shape index (κ2) is 7.79. The molecular weight excluding hydrogens is 261 g/mol. The minimum atomic E-state index is -0.526. The molecule has 5 nitrogen and oxygen atoms in total. The molecule has 1 aromatic rings. The molecule has 0 aromatic carbocycles. The minimum absolute atomic E-state index is 0.117. The minimum Gasteiger partial charge on any atom is -0.377 e. The number of anilines is 1. The average Bonchev–Trinajstić information content (AvgIpc) is 2.39. The van der Waals surface area contributed by atoms with Gasteiger partial charge in [-0.1, -0.05) is 0 Å². The number of hydrogen-bond donors (Lipinski definition) is 1. The topological polar surface area (TPSA) is 54.5 Å². The Balaban J connectivity index is 2.76. The Morgan fingerprint density at radius 3 is 2.85 bits per heavy atom. The van der Waals surface area contributed by atoms with E-state index in [0.29, 0.717) is 25.5 Å². The Morgan fingerprint density at radius 1 is 1.55 bits per heavy atom. The second-order valence-corrected chi connectivity index (χ2v) is 4.73. The van der Waals surface area contributed by atoms with Crippen molar-refractivity contribution < 1.29 is 13.9 Å². The van der Waals surface area contributed by atoms with Gasteiger partial charge in [0.05, 0.1) is 24.5 Å². The Bertz CT molecular complexity index is 452. The lowest BCUT2D eigenvalue weighted by Gasteiger charge is -2.19. The van der Waals surface area contributed by atoms with Crippen molar-refractivity contribution in [2.24, 2.45) is 0 Å². The zero-order valence-electron chi connectivity index (χ0n) is 12.4. The number of aromatic nitrogens is 1. The maximum absolute atomic E-state index is 13.3. The van der Waals surface area contributed by atoms with Crippen LogP contribution in [-0.2, 0) is 4.74 Å². The summed E-state index contributed by atoms with van der Waals surface area (Å²) in [5.74, 6) is -0.405. The summed E-state index contributed by atoms with van der Waals surface area (Å²) in [7, 11) is 1.66. The fourth-order valence-electron chi connectivity index (χ4n) is 1.64. The fourth-order valence-corrected chi connectivity index (χ4v) is 1.64. The van der Waals surface area contributed by atoms with Gasteiger partial charge in [-0.05, 0) is 26.8 Å². The van der Waals surface area contributed by atoms with Crippen molar-refractivity contribution >= 4 is 11.7 Å². The quantitative estimate of drug-likeness (QED) is 0.833. The van der Waals surface area contributed by atoms with Gasteiger partial charge in [0.1, 0.15) is 11.6 Å². The molecule has 0 radical (unpaired) electrons. The normalized spacial score (nSPS) is 10.7. The number of hydrogen-bond acceptors (Lipinski definition) is 4. The Morgan fingerprint density at radius 2 is 2.25 bits per heavy atom. The third-order valence-electron chi connectivity index (χ3n) is 2.65. The van der Waals surface area contributed by atoms with Gasteiger partial charge in [-0.15, -0.1) is 0 Å². The number of carbonyl (C=O) groups excluding carboxylic acids is 1.